The van der Waals surface area contributed by atoms with Crippen molar-refractivity contribution in [1.82, 2.24) is 0 Å². The molecule has 0 aliphatic carbocycles. The second-order valence-corrected chi connectivity index (χ2v) is 5.13. The number of carbonyl (C=O) groups is 2. The fourth-order valence-corrected chi connectivity index (χ4v) is 2.42. The van der Waals surface area contributed by atoms with E-state index in [1.54, 1.807) is 0 Å². The van der Waals surface area contributed by atoms with Crippen LogP contribution in [0.25, 0.3) is 0 Å². The van der Waals surface area contributed by atoms with Gasteiger partial charge in [-0.25, -0.2) is 4.79 Å². The predicted octanol–water partition coefficient (Wildman–Crippen LogP) is 2.81. The van der Waals surface area contributed by atoms with Crippen LogP contribution in [0.4, 0.5) is 5.69 Å². The molecule has 0 saturated heterocycles. The van der Waals surface area contributed by atoms with Gasteiger partial charge >= 0.3 is 5.97 Å². The minimum absolute atomic E-state index is 0.135. The maximum absolute atomic E-state index is 11.9. The van der Waals surface area contributed by atoms with Crippen molar-refractivity contribution >= 4 is 58.1 Å². The SMILES string of the molecule is O=C(O)C1=NOC(C(=O)Nc2c(Cl)cc(Cl)cc2Cl)C1. The lowest BCUT2D eigenvalue weighted by Crippen LogP contribution is -2.29. The summed E-state index contributed by atoms with van der Waals surface area (Å²) in [6.07, 6.45) is -1.17. The minimum Gasteiger partial charge on any atom is -0.477 e. The summed E-state index contributed by atoms with van der Waals surface area (Å²) in [7, 11) is 0. The molecule has 0 saturated carbocycles. The van der Waals surface area contributed by atoms with Gasteiger partial charge < -0.3 is 15.3 Å². The topological polar surface area (TPSA) is 88.0 Å². The van der Waals surface area contributed by atoms with Crippen molar-refractivity contribution in [2.45, 2.75) is 12.5 Å². The van der Waals surface area contributed by atoms with Gasteiger partial charge in [-0.1, -0.05) is 40.0 Å². The van der Waals surface area contributed by atoms with Gasteiger partial charge in [-0.05, 0) is 12.1 Å². The van der Waals surface area contributed by atoms with Crippen molar-refractivity contribution in [1.29, 1.82) is 0 Å². The Bertz CT molecular complexity index is 595. The summed E-state index contributed by atoms with van der Waals surface area (Å²) in [5.74, 6) is -1.83. The summed E-state index contributed by atoms with van der Waals surface area (Å²) in [5.41, 5.74) is -0.0476. The van der Waals surface area contributed by atoms with Gasteiger partial charge in [0.05, 0.1) is 15.7 Å². The zero-order valence-corrected chi connectivity index (χ0v) is 12.0. The first-order chi connectivity index (χ1) is 9.38. The first-order valence-electron chi connectivity index (χ1n) is 5.30. The lowest BCUT2D eigenvalue weighted by Gasteiger charge is -2.12. The molecule has 0 aromatic heterocycles. The molecule has 2 N–H and O–H groups in total. The zero-order valence-electron chi connectivity index (χ0n) is 9.69. The molecule has 1 heterocycles. The number of hydrogen-bond acceptors (Lipinski definition) is 4. The Morgan fingerprint density at radius 2 is 1.90 bits per heavy atom. The minimum atomic E-state index is -1.23. The summed E-state index contributed by atoms with van der Waals surface area (Å²) in [6, 6.07) is 2.83. The quantitative estimate of drug-likeness (QED) is 0.887. The number of carboxylic acid groups (broad SMARTS) is 1. The Labute approximate surface area is 128 Å². The van der Waals surface area contributed by atoms with E-state index < -0.39 is 18.0 Å². The highest BCUT2D eigenvalue weighted by Gasteiger charge is 2.32. The maximum atomic E-state index is 11.9. The number of amides is 1. The van der Waals surface area contributed by atoms with Crippen molar-refractivity contribution in [2.75, 3.05) is 5.32 Å². The number of carboxylic acids is 1. The molecule has 1 aliphatic heterocycles. The molecule has 0 bridgehead atoms. The number of anilines is 1. The number of nitrogens with zero attached hydrogens (tertiary/aromatic N) is 1. The standard InChI is InChI=1S/C11H7Cl3N2O4/c12-4-1-5(13)9(6(14)2-4)15-10(17)8-3-7(11(18)19)16-20-8/h1-2,8H,3H2,(H,15,17)(H,18,19). The van der Waals surface area contributed by atoms with Gasteiger partial charge in [0, 0.05) is 11.4 Å². The highest BCUT2D eigenvalue weighted by Crippen LogP contribution is 2.34. The lowest BCUT2D eigenvalue weighted by atomic mass is 10.1. The number of aliphatic carboxylic acids is 1. The van der Waals surface area contributed by atoms with Crippen LogP contribution in [-0.4, -0.2) is 28.8 Å². The number of rotatable bonds is 3. The van der Waals surface area contributed by atoms with E-state index in [0.29, 0.717) is 5.02 Å². The van der Waals surface area contributed by atoms with Crippen LogP contribution in [-0.2, 0) is 14.4 Å². The smallest absolute Gasteiger partial charge is 0.353 e. The lowest BCUT2D eigenvalue weighted by molar-refractivity contribution is -0.129. The summed E-state index contributed by atoms with van der Waals surface area (Å²) < 4.78 is 0. The Morgan fingerprint density at radius 1 is 1.30 bits per heavy atom. The molecule has 0 radical (unpaired) electrons. The van der Waals surface area contributed by atoms with Crippen molar-refractivity contribution in [3.05, 3.63) is 27.2 Å². The van der Waals surface area contributed by atoms with Crippen LogP contribution >= 0.6 is 34.8 Å². The molecular weight excluding hydrogens is 330 g/mol. The van der Waals surface area contributed by atoms with Gasteiger partial charge in [-0.3, -0.25) is 4.79 Å². The van der Waals surface area contributed by atoms with Gasteiger partial charge in [-0.2, -0.15) is 0 Å². The first kappa shape index (κ1) is 14.9. The van der Waals surface area contributed by atoms with Gasteiger partial charge in [0.25, 0.3) is 5.91 Å². The van der Waals surface area contributed by atoms with Crippen LogP contribution in [0.3, 0.4) is 0 Å². The van der Waals surface area contributed by atoms with E-state index in [1.807, 2.05) is 0 Å². The molecule has 1 amide bonds. The van der Waals surface area contributed by atoms with Crippen LogP contribution in [0.15, 0.2) is 17.3 Å². The average molecular weight is 338 g/mol. The van der Waals surface area contributed by atoms with Crippen molar-refractivity contribution in [3.63, 3.8) is 0 Å². The van der Waals surface area contributed by atoms with Crippen LogP contribution in [0.5, 0.6) is 0 Å². The first-order valence-corrected chi connectivity index (χ1v) is 6.43. The van der Waals surface area contributed by atoms with Gasteiger partial charge in [0.15, 0.2) is 5.71 Å². The zero-order chi connectivity index (χ0) is 14.9. The average Bonchev–Trinajstić information content (AvgIpc) is 2.83. The summed E-state index contributed by atoms with van der Waals surface area (Å²) in [6.45, 7) is 0. The third-order valence-electron chi connectivity index (χ3n) is 2.46. The molecule has 1 atom stereocenters. The van der Waals surface area contributed by atoms with Gasteiger partial charge in [0.1, 0.15) is 0 Å². The van der Waals surface area contributed by atoms with E-state index in [-0.39, 0.29) is 27.9 Å². The molecule has 6 nitrogen and oxygen atoms in total. The summed E-state index contributed by atoms with van der Waals surface area (Å²) >= 11 is 17.6. The molecule has 1 unspecified atom stereocenters. The third kappa shape index (κ3) is 3.15. The van der Waals surface area contributed by atoms with Crippen molar-refractivity contribution in [3.8, 4) is 0 Å². The summed E-state index contributed by atoms with van der Waals surface area (Å²) in [5, 5.41) is 15.1. The monoisotopic (exact) mass is 336 g/mol. The Hall–Kier alpha value is -1.50. The molecule has 20 heavy (non-hydrogen) atoms. The highest BCUT2D eigenvalue weighted by molar-refractivity contribution is 6.42. The third-order valence-corrected chi connectivity index (χ3v) is 3.28. The van der Waals surface area contributed by atoms with Crippen LogP contribution in [0, 0.1) is 0 Å². The molecule has 1 aromatic rings. The van der Waals surface area contributed by atoms with Gasteiger partial charge in [0.2, 0.25) is 6.10 Å². The molecule has 0 spiro atoms. The van der Waals surface area contributed by atoms with Crippen LogP contribution < -0.4 is 5.32 Å². The molecule has 106 valence electrons. The van der Waals surface area contributed by atoms with E-state index in [0.717, 1.165) is 0 Å². The second-order valence-electron chi connectivity index (χ2n) is 3.87. The van der Waals surface area contributed by atoms with Gasteiger partial charge in [-0.15, -0.1) is 0 Å². The Morgan fingerprint density at radius 3 is 2.40 bits per heavy atom. The number of hydrogen-bond donors (Lipinski definition) is 2. The fraction of sp³-hybridized carbons (Fsp3) is 0.182. The van der Waals surface area contributed by atoms with Crippen molar-refractivity contribution in [2.24, 2.45) is 5.16 Å². The van der Waals surface area contributed by atoms with Crippen LogP contribution in [0.2, 0.25) is 15.1 Å². The molecule has 1 aliphatic rings. The van der Waals surface area contributed by atoms with E-state index in [4.69, 9.17) is 44.7 Å². The largest absolute Gasteiger partial charge is 0.477 e. The normalized spacial score (nSPS) is 17.4. The molecular formula is C11H7Cl3N2O4. The van der Waals surface area contributed by atoms with E-state index in [1.165, 1.54) is 12.1 Å². The highest BCUT2D eigenvalue weighted by atomic mass is 35.5. The van der Waals surface area contributed by atoms with E-state index in [9.17, 15) is 9.59 Å². The number of nitrogens with one attached hydrogen (secondary N) is 1. The second kappa shape index (κ2) is 5.87. The maximum Gasteiger partial charge on any atom is 0.353 e. The number of halogens is 3. The molecule has 0 fully saturated rings. The Balaban J connectivity index is 2.09. The molecule has 1 aromatic carbocycles. The molecule has 9 heteroatoms. The predicted molar refractivity (Wildman–Crippen MR) is 74.7 cm³/mol. The van der Waals surface area contributed by atoms with Crippen LogP contribution in [0.1, 0.15) is 6.42 Å². The number of benzene rings is 1. The Kier molecular flexibility index (Phi) is 4.37. The van der Waals surface area contributed by atoms with Crippen molar-refractivity contribution < 1.29 is 19.5 Å². The fourth-order valence-electron chi connectivity index (χ4n) is 1.51. The number of oxime groups is 1. The van der Waals surface area contributed by atoms with E-state index >= 15 is 0 Å². The molecule has 2 rings (SSSR count). The summed E-state index contributed by atoms with van der Waals surface area (Å²) in [4.78, 5) is 27.3. The van der Waals surface area contributed by atoms with E-state index in [2.05, 4.69) is 10.5 Å². The number of carbonyl (C=O) groups excluding carboxylic acids is 1.